The first-order valence-corrected chi connectivity index (χ1v) is 5.44. The molecular formula is C12H17N3O. The first-order valence-electron chi connectivity index (χ1n) is 5.44. The Balaban J connectivity index is 2.35. The molecule has 1 aliphatic heterocycles. The number of rotatable bonds is 3. The number of nitrogens with two attached hydrogens (primary N) is 1. The minimum Gasteiger partial charge on any atom is -0.329 e. The molecule has 1 amide bonds. The summed E-state index contributed by atoms with van der Waals surface area (Å²) in [7, 11) is 3.70. The Morgan fingerprint density at radius 2 is 2.31 bits per heavy atom. The summed E-state index contributed by atoms with van der Waals surface area (Å²) in [4.78, 5) is 13.2. The number of amides is 1. The molecule has 4 nitrogen and oxygen atoms in total. The lowest BCUT2D eigenvalue weighted by Gasteiger charge is -2.16. The molecule has 86 valence electrons. The van der Waals surface area contributed by atoms with Crippen LogP contribution in [0.3, 0.4) is 0 Å². The van der Waals surface area contributed by atoms with E-state index in [4.69, 9.17) is 5.73 Å². The lowest BCUT2D eigenvalue weighted by molar-refractivity contribution is -0.117. The zero-order valence-corrected chi connectivity index (χ0v) is 9.66. The first kappa shape index (κ1) is 11.1. The molecule has 0 aliphatic carbocycles. The third kappa shape index (κ3) is 1.70. The molecule has 2 rings (SSSR count). The van der Waals surface area contributed by atoms with E-state index in [9.17, 15) is 4.79 Å². The van der Waals surface area contributed by atoms with E-state index in [2.05, 4.69) is 11.4 Å². The standard InChI is InChI=1S/C12H17N3O/c1-14-10(7-13)8-3-4-11-9(5-8)6-12(16)15(11)2/h3-5,10,14H,6-7,13H2,1-2H3. The third-order valence-corrected chi connectivity index (χ3v) is 3.17. The van der Waals surface area contributed by atoms with E-state index in [0.717, 1.165) is 16.8 Å². The van der Waals surface area contributed by atoms with Gasteiger partial charge in [0, 0.05) is 25.3 Å². The molecule has 4 heteroatoms. The van der Waals surface area contributed by atoms with E-state index in [1.807, 2.05) is 26.2 Å². The zero-order valence-electron chi connectivity index (χ0n) is 9.66. The van der Waals surface area contributed by atoms with Crippen molar-refractivity contribution in [1.29, 1.82) is 0 Å². The lowest BCUT2D eigenvalue weighted by atomic mass is 10.0. The maximum atomic E-state index is 11.5. The van der Waals surface area contributed by atoms with Gasteiger partial charge in [0.05, 0.1) is 6.42 Å². The van der Waals surface area contributed by atoms with Crippen molar-refractivity contribution in [3.63, 3.8) is 0 Å². The Kier molecular flexibility index (Phi) is 2.94. The fourth-order valence-corrected chi connectivity index (χ4v) is 2.13. The maximum absolute atomic E-state index is 11.5. The molecule has 0 radical (unpaired) electrons. The summed E-state index contributed by atoms with van der Waals surface area (Å²) in [6.07, 6.45) is 0.501. The molecule has 1 atom stereocenters. The van der Waals surface area contributed by atoms with E-state index in [1.165, 1.54) is 0 Å². The maximum Gasteiger partial charge on any atom is 0.231 e. The minimum atomic E-state index is 0.154. The highest BCUT2D eigenvalue weighted by atomic mass is 16.2. The summed E-state index contributed by atoms with van der Waals surface area (Å²) >= 11 is 0. The SMILES string of the molecule is CNC(CN)c1ccc2c(c1)CC(=O)N2C. The second kappa shape index (κ2) is 4.23. The molecule has 0 spiro atoms. The summed E-state index contributed by atoms with van der Waals surface area (Å²) in [6, 6.07) is 6.26. The first-order chi connectivity index (χ1) is 7.67. The van der Waals surface area contributed by atoms with Crippen LogP contribution in [0.4, 0.5) is 5.69 Å². The topological polar surface area (TPSA) is 58.4 Å². The van der Waals surface area contributed by atoms with Gasteiger partial charge in [0.25, 0.3) is 0 Å². The van der Waals surface area contributed by atoms with Gasteiger partial charge in [-0.1, -0.05) is 12.1 Å². The Morgan fingerprint density at radius 1 is 1.56 bits per heavy atom. The summed E-state index contributed by atoms with van der Waals surface area (Å²) in [5.74, 6) is 0.154. The molecule has 1 unspecified atom stereocenters. The molecule has 0 saturated carbocycles. The van der Waals surface area contributed by atoms with E-state index >= 15 is 0 Å². The van der Waals surface area contributed by atoms with Crippen LogP contribution in [0.15, 0.2) is 18.2 Å². The van der Waals surface area contributed by atoms with Crippen LogP contribution in [0, 0.1) is 0 Å². The van der Waals surface area contributed by atoms with Crippen molar-refractivity contribution in [1.82, 2.24) is 5.32 Å². The number of hydrogen-bond donors (Lipinski definition) is 2. The number of carbonyl (C=O) groups excluding carboxylic acids is 1. The van der Waals surface area contributed by atoms with E-state index in [-0.39, 0.29) is 11.9 Å². The molecule has 16 heavy (non-hydrogen) atoms. The van der Waals surface area contributed by atoms with Crippen LogP contribution in [0.1, 0.15) is 17.2 Å². The van der Waals surface area contributed by atoms with Crippen molar-refractivity contribution < 1.29 is 4.79 Å². The van der Waals surface area contributed by atoms with Gasteiger partial charge in [0.2, 0.25) is 5.91 Å². The average Bonchev–Trinajstić information content (AvgIpc) is 2.56. The molecule has 3 N–H and O–H groups in total. The van der Waals surface area contributed by atoms with Crippen LogP contribution < -0.4 is 16.0 Å². The predicted octanol–water partition coefficient (Wildman–Crippen LogP) is 0.425. The van der Waals surface area contributed by atoms with E-state index in [0.29, 0.717) is 13.0 Å². The largest absolute Gasteiger partial charge is 0.329 e. The van der Waals surface area contributed by atoms with Gasteiger partial charge in [-0.15, -0.1) is 0 Å². The van der Waals surface area contributed by atoms with Crippen LogP contribution in [0.2, 0.25) is 0 Å². The number of anilines is 1. The quantitative estimate of drug-likeness (QED) is 0.775. The fourth-order valence-electron chi connectivity index (χ4n) is 2.13. The lowest BCUT2D eigenvalue weighted by Crippen LogP contribution is -2.24. The molecule has 0 saturated heterocycles. The predicted molar refractivity (Wildman–Crippen MR) is 64.4 cm³/mol. The number of fused-ring (bicyclic) bond motifs is 1. The molecule has 0 aromatic heterocycles. The highest BCUT2D eigenvalue weighted by molar-refractivity contribution is 6.00. The molecule has 1 aromatic rings. The molecule has 0 bridgehead atoms. The van der Waals surface area contributed by atoms with Gasteiger partial charge in [0.1, 0.15) is 0 Å². The Bertz CT molecular complexity index is 413. The highest BCUT2D eigenvalue weighted by Gasteiger charge is 2.24. The van der Waals surface area contributed by atoms with Crippen molar-refractivity contribution in [2.45, 2.75) is 12.5 Å². The molecule has 1 aromatic carbocycles. The summed E-state index contributed by atoms with van der Waals surface area (Å²) in [5.41, 5.74) is 8.93. The third-order valence-electron chi connectivity index (χ3n) is 3.17. The van der Waals surface area contributed by atoms with Gasteiger partial charge in [-0.05, 0) is 24.2 Å². The van der Waals surface area contributed by atoms with Crippen LogP contribution in [-0.2, 0) is 11.2 Å². The molecule has 1 heterocycles. The van der Waals surface area contributed by atoms with Crippen molar-refractivity contribution >= 4 is 11.6 Å². The average molecular weight is 219 g/mol. The van der Waals surface area contributed by atoms with Gasteiger partial charge >= 0.3 is 0 Å². The van der Waals surface area contributed by atoms with Gasteiger partial charge in [-0.25, -0.2) is 0 Å². The van der Waals surface area contributed by atoms with Crippen LogP contribution in [0.25, 0.3) is 0 Å². The summed E-state index contributed by atoms with van der Waals surface area (Å²) in [6.45, 7) is 0.555. The molecule has 0 fully saturated rings. The zero-order chi connectivity index (χ0) is 11.7. The fraction of sp³-hybridized carbons (Fsp3) is 0.417. The Labute approximate surface area is 95.4 Å². The van der Waals surface area contributed by atoms with E-state index in [1.54, 1.807) is 4.90 Å². The van der Waals surface area contributed by atoms with Crippen LogP contribution >= 0.6 is 0 Å². The summed E-state index contributed by atoms with van der Waals surface area (Å²) < 4.78 is 0. The van der Waals surface area contributed by atoms with Crippen LogP contribution in [-0.4, -0.2) is 26.5 Å². The number of nitrogens with one attached hydrogen (secondary N) is 1. The van der Waals surface area contributed by atoms with Gasteiger partial charge in [0.15, 0.2) is 0 Å². The normalized spacial score (nSPS) is 16.4. The number of benzene rings is 1. The highest BCUT2D eigenvalue weighted by Crippen LogP contribution is 2.29. The minimum absolute atomic E-state index is 0.154. The van der Waals surface area contributed by atoms with Gasteiger partial charge in [-0.2, -0.15) is 0 Å². The smallest absolute Gasteiger partial charge is 0.231 e. The number of carbonyl (C=O) groups is 1. The van der Waals surface area contributed by atoms with Crippen molar-refractivity contribution in [2.75, 3.05) is 25.5 Å². The van der Waals surface area contributed by atoms with Crippen molar-refractivity contribution in [3.05, 3.63) is 29.3 Å². The second-order valence-corrected chi connectivity index (χ2v) is 4.09. The second-order valence-electron chi connectivity index (χ2n) is 4.09. The van der Waals surface area contributed by atoms with Gasteiger partial charge < -0.3 is 16.0 Å². The number of hydrogen-bond acceptors (Lipinski definition) is 3. The number of nitrogens with zero attached hydrogens (tertiary/aromatic N) is 1. The Morgan fingerprint density at radius 3 is 2.94 bits per heavy atom. The summed E-state index contributed by atoms with van der Waals surface area (Å²) in [5, 5.41) is 3.16. The van der Waals surface area contributed by atoms with E-state index < -0.39 is 0 Å². The Hall–Kier alpha value is -1.39. The molecular weight excluding hydrogens is 202 g/mol. The van der Waals surface area contributed by atoms with Crippen molar-refractivity contribution in [2.24, 2.45) is 5.73 Å². The van der Waals surface area contributed by atoms with Crippen LogP contribution in [0.5, 0.6) is 0 Å². The number of likely N-dealkylation sites (N-methyl/N-ethyl adjacent to an activating group) is 2. The molecule has 1 aliphatic rings. The van der Waals surface area contributed by atoms with Crippen molar-refractivity contribution in [3.8, 4) is 0 Å². The monoisotopic (exact) mass is 219 g/mol. The van der Waals surface area contributed by atoms with Gasteiger partial charge in [-0.3, -0.25) is 4.79 Å².